The smallest absolute Gasteiger partial charge is 0.222 e. The molecule has 0 amide bonds. The summed E-state index contributed by atoms with van der Waals surface area (Å²) in [6.07, 6.45) is 3.66. The normalized spacial score (nSPS) is 28.3. The third kappa shape index (κ3) is 2.20. The molecule has 0 aromatic heterocycles. The third-order valence-electron chi connectivity index (χ3n) is 2.51. The fourth-order valence-electron chi connectivity index (χ4n) is 1.72. The van der Waals surface area contributed by atoms with Gasteiger partial charge in [-0.05, 0) is 26.4 Å². The maximum atomic E-state index is 6.84. The van der Waals surface area contributed by atoms with E-state index in [0.29, 0.717) is 6.04 Å². The fourth-order valence-corrected chi connectivity index (χ4v) is 1.72. The quantitative estimate of drug-likeness (QED) is 0.547. The van der Waals surface area contributed by atoms with Crippen LogP contribution >= 0.6 is 0 Å². The Labute approximate surface area is 69.0 Å². The number of hydrogen-bond acceptors (Lipinski definition) is 1. The van der Waals surface area contributed by atoms with Crippen molar-refractivity contribution in [3.05, 3.63) is 11.4 Å². The molecule has 1 aliphatic heterocycles. The van der Waals surface area contributed by atoms with Gasteiger partial charge in [0.2, 0.25) is 6.04 Å². The van der Waals surface area contributed by atoms with E-state index in [2.05, 4.69) is 16.8 Å². The summed E-state index contributed by atoms with van der Waals surface area (Å²) in [6, 6.07) is 0.889. The molecule has 11 heavy (non-hydrogen) atoms. The van der Waals surface area contributed by atoms with Crippen LogP contribution in [-0.2, 0) is 0 Å². The maximum absolute atomic E-state index is 6.84. The first-order chi connectivity index (χ1) is 5.24. The predicted octanol–water partition coefficient (Wildman–Crippen LogP) is 1.78. The Bertz CT molecular complexity index is 159. The highest BCUT2D eigenvalue weighted by Gasteiger charge is 2.24. The number of hydrogen-bond donors (Lipinski definition) is 0. The largest absolute Gasteiger partial charge is 0.314 e. The van der Waals surface area contributed by atoms with Crippen LogP contribution in [0.3, 0.4) is 0 Å². The van der Waals surface area contributed by atoms with Crippen LogP contribution in [-0.4, -0.2) is 30.6 Å². The van der Waals surface area contributed by atoms with Gasteiger partial charge in [-0.3, -0.25) is 0 Å². The molecule has 1 aliphatic rings. The Morgan fingerprint density at radius 1 is 1.73 bits per heavy atom. The second kappa shape index (κ2) is 3.73. The topological polar surface area (TPSA) is 7.60 Å². The van der Waals surface area contributed by atoms with Crippen molar-refractivity contribution in [3.63, 3.8) is 0 Å². The lowest BCUT2D eigenvalue weighted by molar-refractivity contribution is 0.291. The van der Waals surface area contributed by atoms with Gasteiger partial charge in [-0.15, -0.1) is 0 Å². The van der Waals surface area contributed by atoms with E-state index in [1.165, 1.54) is 19.4 Å². The van der Waals surface area contributed by atoms with Crippen LogP contribution in [0.15, 0.2) is 0 Å². The van der Waals surface area contributed by atoms with Gasteiger partial charge in [0.1, 0.15) is 0 Å². The van der Waals surface area contributed by atoms with Crippen molar-refractivity contribution in [1.29, 1.82) is 0 Å². The van der Waals surface area contributed by atoms with Crippen molar-refractivity contribution in [2.75, 3.05) is 13.6 Å². The highest BCUT2D eigenvalue weighted by atomic mass is 15.1. The average molecular weight is 152 g/mol. The second-order valence-electron chi connectivity index (χ2n) is 3.49. The van der Waals surface area contributed by atoms with Crippen LogP contribution in [0.25, 0.3) is 4.85 Å². The Hall–Kier alpha value is -0.550. The summed E-state index contributed by atoms with van der Waals surface area (Å²) in [7, 11) is 2.16. The first kappa shape index (κ1) is 8.55. The molecule has 1 saturated heterocycles. The summed E-state index contributed by atoms with van der Waals surface area (Å²) in [5, 5.41) is 0. The van der Waals surface area contributed by atoms with E-state index >= 15 is 0 Å². The molecular formula is C9H16N2. The van der Waals surface area contributed by atoms with E-state index < -0.39 is 0 Å². The summed E-state index contributed by atoms with van der Waals surface area (Å²) >= 11 is 0. The Morgan fingerprint density at radius 3 is 2.91 bits per heavy atom. The number of likely N-dealkylation sites (tertiary alicyclic amines) is 1. The van der Waals surface area contributed by atoms with E-state index in [-0.39, 0.29) is 6.04 Å². The summed E-state index contributed by atoms with van der Waals surface area (Å²) in [4.78, 5) is 5.89. The minimum Gasteiger partial charge on any atom is -0.314 e. The van der Waals surface area contributed by atoms with E-state index in [9.17, 15) is 0 Å². The van der Waals surface area contributed by atoms with E-state index in [4.69, 9.17) is 6.57 Å². The SMILES string of the molecule is [C-]#[N+]C(C)CC1CCCN1C. The molecule has 0 spiro atoms. The van der Waals surface area contributed by atoms with Crippen LogP contribution in [0.1, 0.15) is 26.2 Å². The molecule has 0 radical (unpaired) electrons. The molecule has 1 fully saturated rings. The minimum atomic E-state index is 0.209. The standard InChI is InChI=1S/C9H16N2/c1-8(10-2)7-9-5-4-6-11(9)3/h8-9H,4-7H2,1,3H3. The van der Waals surface area contributed by atoms with Crippen molar-refractivity contribution in [1.82, 2.24) is 4.90 Å². The summed E-state index contributed by atoms with van der Waals surface area (Å²) in [5.74, 6) is 0. The summed E-state index contributed by atoms with van der Waals surface area (Å²) < 4.78 is 0. The van der Waals surface area contributed by atoms with E-state index in [0.717, 1.165) is 6.42 Å². The maximum Gasteiger partial charge on any atom is 0.222 e. The molecule has 0 saturated carbocycles. The highest BCUT2D eigenvalue weighted by Crippen LogP contribution is 2.19. The molecule has 0 bridgehead atoms. The van der Waals surface area contributed by atoms with E-state index in [1.807, 2.05) is 6.92 Å². The molecule has 2 heteroatoms. The van der Waals surface area contributed by atoms with Gasteiger partial charge in [-0.25, -0.2) is 6.57 Å². The Kier molecular flexibility index (Phi) is 2.90. The lowest BCUT2D eigenvalue weighted by atomic mass is 10.1. The molecule has 0 aromatic carbocycles. The lowest BCUT2D eigenvalue weighted by Gasteiger charge is -2.18. The minimum absolute atomic E-state index is 0.209. The van der Waals surface area contributed by atoms with Crippen LogP contribution in [0, 0.1) is 6.57 Å². The Morgan fingerprint density at radius 2 is 2.45 bits per heavy atom. The fraction of sp³-hybridized carbons (Fsp3) is 0.889. The van der Waals surface area contributed by atoms with Crippen LogP contribution in [0.4, 0.5) is 0 Å². The van der Waals surface area contributed by atoms with Crippen molar-refractivity contribution < 1.29 is 0 Å². The van der Waals surface area contributed by atoms with Crippen LogP contribution in [0.5, 0.6) is 0 Å². The number of nitrogens with zero attached hydrogens (tertiary/aromatic N) is 2. The zero-order valence-corrected chi connectivity index (χ0v) is 7.38. The molecule has 1 heterocycles. The molecule has 2 nitrogen and oxygen atoms in total. The van der Waals surface area contributed by atoms with Crippen LogP contribution < -0.4 is 0 Å². The van der Waals surface area contributed by atoms with Gasteiger partial charge in [0.15, 0.2) is 0 Å². The summed E-state index contributed by atoms with van der Waals surface area (Å²) in [5.41, 5.74) is 0. The zero-order chi connectivity index (χ0) is 8.27. The molecule has 1 rings (SSSR count). The van der Waals surface area contributed by atoms with E-state index in [1.54, 1.807) is 0 Å². The van der Waals surface area contributed by atoms with Crippen molar-refractivity contribution in [3.8, 4) is 0 Å². The van der Waals surface area contributed by atoms with Crippen molar-refractivity contribution in [2.24, 2.45) is 0 Å². The summed E-state index contributed by atoms with van der Waals surface area (Å²) in [6.45, 7) is 10.1. The average Bonchev–Trinajstić information content (AvgIpc) is 2.37. The first-order valence-electron chi connectivity index (χ1n) is 4.31. The monoisotopic (exact) mass is 152 g/mol. The molecule has 62 valence electrons. The van der Waals surface area contributed by atoms with Gasteiger partial charge in [0.05, 0.1) is 0 Å². The third-order valence-corrected chi connectivity index (χ3v) is 2.51. The van der Waals surface area contributed by atoms with Gasteiger partial charge in [-0.2, -0.15) is 0 Å². The van der Waals surface area contributed by atoms with Gasteiger partial charge < -0.3 is 9.74 Å². The second-order valence-corrected chi connectivity index (χ2v) is 3.49. The van der Waals surface area contributed by atoms with Crippen LogP contribution in [0.2, 0.25) is 0 Å². The molecule has 2 atom stereocenters. The highest BCUT2D eigenvalue weighted by molar-refractivity contribution is 4.84. The molecule has 0 N–H and O–H groups in total. The lowest BCUT2D eigenvalue weighted by Crippen LogP contribution is -2.27. The van der Waals surface area contributed by atoms with Gasteiger partial charge in [0, 0.05) is 19.4 Å². The predicted molar refractivity (Wildman–Crippen MR) is 46.3 cm³/mol. The number of rotatable bonds is 2. The van der Waals surface area contributed by atoms with Gasteiger partial charge >= 0.3 is 0 Å². The molecule has 0 aromatic rings. The van der Waals surface area contributed by atoms with Gasteiger partial charge in [0.25, 0.3) is 0 Å². The first-order valence-corrected chi connectivity index (χ1v) is 4.31. The molecule has 2 unspecified atom stereocenters. The van der Waals surface area contributed by atoms with Gasteiger partial charge in [-0.1, -0.05) is 0 Å². The van der Waals surface area contributed by atoms with Crippen molar-refractivity contribution in [2.45, 2.75) is 38.3 Å². The Balaban J connectivity index is 2.32. The molecular weight excluding hydrogens is 136 g/mol. The van der Waals surface area contributed by atoms with Crippen molar-refractivity contribution >= 4 is 0 Å². The molecule has 0 aliphatic carbocycles. The zero-order valence-electron chi connectivity index (χ0n) is 7.38.